The second-order valence-electron chi connectivity index (χ2n) is 8.55. The lowest BCUT2D eigenvalue weighted by Crippen LogP contribution is -2.32. The maximum atomic E-state index is 11.9. The van der Waals surface area contributed by atoms with Gasteiger partial charge in [0, 0.05) is 6.42 Å². The summed E-state index contributed by atoms with van der Waals surface area (Å²) in [6, 6.07) is 0. The zero-order chi connectivity index (χ0) is 17.1. The van der Waals surface area contributed by atoms with E-state index in [0.717, 1.165) is 19.3 Å². The van der Waals surface area contributed by atoms with Crippen molar-refractivity contribution in [2.24, 2.45) is 5.41 Å². The molecule has 0 N–H and O–H groups in total. The van der Waals surface area contributed by atoms with Gasteiger partial charge in [-0.15, -0.1) is 0 Å². The molecule has 0 rings (SSSR count). The van der Waals surface area contributed by atoms with E-state index in [9.17, 15) is 4.79 Å². The van der Waals surface area contributed by atoms with Gasteiger partial charge in [-0.3, -0.25) is 4.79 Å². The van der Waals surface area contributed by atoms with E-state index in [4.69, 9.17) is 4.74 Å². The largest absolute Gasteiger partial charge is 0.460 e. The monoisotopic (exact) mass is 312 g/mol. The van der Waals surface area contributed by atoms with E-state index in [1.54, 1.807) is 0 Å². The van der Waals surface area contributed by atoms with Crippen LogP contribution in [0.2, 0.25) is 0 Å². The summed E-state index contributed by atoms with van der Waals surface area (Å²) in [6.07, 6.45) is 12.9. The second-order valence-corrected chi connectivity index (χ2v) is 8.55. The number of hydrogen-bond acceptors (Lipinski definition) is 2. The first-order valence-corrected chi connectivity index (χ1v) is 9.38. The van der Waals surface area contributed by atoms with Crippen LogP contribution in [0.1, 0.15) is 112 Å². The molecule has 0 aromatic heterocycles. The number of carbonyl (C=O) groups excluding carboxylic acids is 1. The minimum absolute atomic E-state index is 0.0304. The molecule has 132 valence electrons. The normalized spacial score (nSPS) is 12.5. The van der Waals surface area contributed by atoms with E-state index in [1.807, 2.05) is 13.8 Å². The van der Waals surface area contributed by atoms with Gasteiger partial charge in [-0.25, -0.2) is 0 Å². The molecule has 0 unspecified atom stereocenters. The second kappa shape index (κ2) is 11.1. The number of esters is 1. The molecule has 0 amide bonds. The Morgan fingerprint density at radius 1 is 0.773 bits per heavy atom. The third kappa shape index (κ3) is 14.4. The van der Waals surface area contributed by atoms with Gasteiger partial charge in [0.05, 0.1) is 0 Å². The Kier molecular flexibility index (Phi) is 10.8. The maximum Gasteiger partial charge on any atom is 0.306 e. The number of carbonyl (C=O) groups is 1. The summed E-state index contributed by atoms with van der Waals surface area (Å²) in [4.78, 5) is 11.9. The quantitative estimate of drug-likeness (QED) is 0.297. The van der Waals surface area contributed by atoms with Crippen molar-refractivity contribution in [1.82, 2.24) is 0 Å². The predicted octanol–water partition coefficient (Wildman–Crippen LogP) is 6.67. The van der Waals surface area contributed by atoms with Crippen LogP contribution in [-0.2, 0) is 9.53 Å². The van der Waals surface area contributed by atoms with Crippen molar-refractivity contribution >= 4 is 5.97 Å². The van der Waals surface area contributed by atoms with Gasteiger partial charge in [0.1, 0.15) is 5.60 Å². The van der Waals surface area contributed by atoms with E-state index < -0.39 is 0 Å². The Bertz CT molecular complexity index is 287. The van der Waals surface area contributed by atoms with Gasteiger partial charge < -0.3 is 4.74 Å². The lowest BCUT2D eigenvalue weighted by molar-refractivity contribution is -0.159. The van der Waals surface area contributed by atoms with Gasteiger partial charge in [0.2, 0.25) is 0 Å². The summed E-state index contributed by atoms with van der Waals surface area (Å²) in [6.45, 7) is 12.8. The van der Waals surface area contributed by atoms with Crippen molar-refractivity contribution in [3.05, 3.63) is 0 Å². The highest BCUT2D eigenvalue weighted by molar-refractivity contribution is 5.69. The molecule has 0 spiro atoms. The molecule has 0 aliphatic heterocycles. The molecular weight excluding hydrogens is 272 g/mol. The van der Waals surface area contributed by atoms with Crippen molar-refractivity contribution in [1.29, 1.82) is 0 Å². The number of unbranched alkanes of at least 4 members (excludes halogenated alkanes) is 8. The first-order valence-electron chi connectivity index (χ1n) is 9.38. The van der Waals surface area contributed by atoms with Crippen molar-refractivity contribution in [2.45, 2.75) is 118 Å². The fourth-order valence-corrected chi connectivity index (χ4v) is 3.25. The minimum Gasteiger partial charge on any atom is -0.460 e. The lowest BCUT2D eigenvalue weighted by Gasteiger charge is -2.32. The van der Waals surface area contributed by atoms with Crippen LogP contribution >= 0.6 is 0 Å². The fraction of sp³-hybridized carbons (Fsp3) is 0.950. The van der Waals surface area contributed by atoms with Crippen LogP contribution in [0.25, 0.3) is 0 Å². The Morgan fingerprint density at radius 3 is 1.68 bits per heavy atom. The van der Waals surface area contributed by atoms with Crippen LogP contribution < -0.4 is 0 Å². The van der Waals surface area contributed by atoms with Crippen molar-refractivity contribution < 1.29 is 9.53 Å². The molecule has 0 fully saturated rings. The molecule has 22 heavy (non-hydrogen) atoms. The summed E-state index contributed by atoms with van der Waals surface area (Å²) < 4.78 is 5.65. The van der Waals surface area contributed by atoms with Crippen LogP contribution in [0, 0.1) is 5.41 Å². The highest BCUT2D eigenvalue weighted by Crippen LogP contribution is 2.29. The van der Waals surface area contributed by atoms with Crippen LogP contribution in [0.15, 0.2) is 0 Å². The third-order valence-electron chi connectivity index (χ3n) is 3.83. The van der Waals surface area contributed by atoms with E-state index in [2.05, 4.69) is 27.7 Å². The van der Waals surface area contributed by atoms with Crippen LogP contribution in [-0.4, -0.2) is 11.6 Å². The van der Waals surface area contributed by atoms with Gasteiger partial charge in [-0.05, 0) is 32.1 Å². The topological polar surface area (TPSA) is 26.3 Å². The average Bonchev–Trinajstić information content (AvgIpc) is 2.33. The number of hydrogen-bond donors (Lipinski definition) is 0. The Hall–Kier alpha value is -0.530. The molecule has 2 heteroatoms. The van der Waals surface area contributed by atoms with Crippen molar-refractivity contribution in [3.8, 4) is 0 Å². The predicted molar refractivity (Wildman–Crippen MR) is 96.1 cm³/mol. The molecular formula is C20H40O2. The molecule has 0 aromatic rings. The molecule has 2 nitrogen and oxygen atoms in total. The van der Waals surface area contributed by atoms with E-state index in [0.29, 0.717) is 6.42 Å². The molecule has 0 radical (unpaired) electrons. The first kappa shape index (κ1) is 21.5. The Labute approximate surface area is 139 Å². The molecule has 0 saturated heterocycles. The molecule has 0 atom stereocenters. The molecule has 0 saturated carbocycles. The standard InChI is InChI=1S/C20H40O2/c1-7-8-9-10-11-12-13-14-15-16-18(21)22-20(5,6)17-19(2,3)4/h7-17H2,1-6H3. The van der Waals surface area contributed by atoms with E-state index in [1.165, 1.54) is 44.9 Å². The van der Waals surface area contributed by atoms with Crippen LogP contribution in [0.3, 0.4) is 0 Å². The van der Waals surface area contributed by atoms with E-state index >= 15 is 0 Å². The lowest BCUT2D eigenvalue weighted by atomic mass is 9.83. The van der Waals surface area contributed by atoms with E-state index in [-0.39, 0.29) is 17.0 Å². The van der Waals surface area contributed by atoms with Crippen LogP contribution in [0.4, 0.5) is 0 Å². The maximum absolute atomic E-state index is 11.9. The summed E-state index contributed by atoms with van der Waals surface area (Å²) >= 11 is 0. The fourth-order valence-electron chi connectivity index (χ4n) is 3.25. The van der Waals surface area contributed by atoms with Crippen molar-refractivity contribution in [3.63, 3.8) is 0 Å². The zero-order valence-electron chi connectivity index (χ0n) is 16.1. The van der Waals surface area contributed by atoms with Gasteiger partial charge >= 0.3 is 5.97 Å². The molecule has 0 aliphatic rings. The first-order chi connectivity index (χ1) is 10.2. The average molecular weight is 313 g/mol. The van der Waals surface area contributed by atoms with Crippen LogP contribution in [0.5, 0.6) is 0 Å². The van der Waals surface area contributed by atoms with Crippen molar-refractivity contribution in [2.75, 3.05) is 0 Å². The summed E-state index contributed by atoms with van der Waals surface area (Å²) in [7, 11) is 0. The highest BCUT2D eigenvalue weighted by Gasteiger charge is 2.28. The van der Waals surface area contributed by atoms with Gasteiger partial charge in [-0.1, -0.05) is 79.1 Å². The number of rotatable bonds is 12. The van der Waals surface area contributed by atoms with Gasteiger partial charge in [0.25, 0.3) is 0 Å². The Balaban J connectivity index is 3.61. The molecule has 0 bridgehead atoms. The van der Waals surface area contributed by atoms with Gasteiger partial charge in [0.15, 0.2) is 0 Å². The molecule has 0 aromatic carbocycles. The SMILES string of the molecule is CCCCCCCCCCCC(=O)OC(C)(C)CC(C)(C)C. The number of ether oxygens (including phenoxy) is 1. The van der Waals surface area contributed by atoms with Gasteiger partial charge in [-0.2, -0.15) is 0 Å². The Morgan fingerprint density at radius 2 is 1.23 bits per heavy atom. The minimum atomic E-state index is -0.353. The smallest absolute Gasteiger partial charge is 0.306 e. The molecule has 0 aliphatic carbocycles. The summed E-state index contributed by atoms with van der Waals surface area (Å²) in [5, 5.41) is 0. The zero-order valence-corrected chi connectivity index (χ0v) is 16.1. The highest BCUT2D eigenvalue weighted by atomic mass is 16.6. The third-order valence-corrected chi connectivity index (χ3v) is 3.83. The summed E-state index contributed by atoms with van der Waals surface area (Å²) in [5.74, 6) is -0.0304. The molecule has 0 heterocycles. The summed E-state index contributed by atoms with van der Waals surface area (Å²) in [5.41, 5.74) is -0.170.